The van der Waals surface area contributed by atoms with Crippen molar-refractivity contribution < 1.29 is 9.53 Å². The maximum Gasteiger partial charge on any atom is 0.359 e. The van der Waals surface area contributed by atoms with Crippen molar-refractivity contribution in [2.24, 2.45) is 0 Å². The summed E-state index contributed by atoms with van der Waals surface area (Å²) in [5.41, 5.74) is 3.29. The minimum absolute atomic E-state index is 0.338. The van der Waals surface area contributed by atoms with Crippen molar-refractivity contribution in [3.05, 3.63) is 59.8 Å². The number of hydrogen-bond acceptors (Lipinski definition) is 3. The Morgan fingerprint density at radius 2 is 1.82 bits per heavy atom. The molecule has 22 heavy (non-hydrogen) atoms. The van der Waals surface area contributed by atoms with Crippen LogP contribution in [-0.4, -0.2) is 22.9 Å². The van der Waals surface area contributed by atoms with E-state index in [1.54, 1.807) is 4.68 Å². The predicted octanol–water partition coefficient (Wildman–Crippen LogP) is 4.15. The average Bonchev–Trinajstić information content (AvgIpc) is 2.96. The summed E-state index contributed by atoms with van der Waals surface area (Å²) < 4.78 is 6.57. The number of nitrogens with zero attached hydrogens (tertiary/aromatic N) is 2. The summed E-state index contributed by atoms with van der Waals surface area (Å²) in [6, 6.07) is 15.6. The Kier molecular flexibility index (Phi) is 4.94. The molecule has 0 fully saturated rings. The van der Waals surface area contributed by atoms with E-state index in [9.17, 15) is 4.79 Å². The number of carbonyl (C=O) groups excluding carboxylic acids is 1. The number of aromatic nitrogens is 2. The minimum atomic E-state index is -0.424. The van der Waals surface area contributed by atoms with Gasteiger partial charge < -0.3 is 4.74 Å². The molecule has 0 unspecified atom stereocenters. The van der Waals surface area contributed by atoms with Gasteiger partial charge in [-0.3, -0.25) is 0 Å². The molecule has 4 nitrogen and oxygen atoms in total. The molecule has 0 aliphatic rings. The van der Waals surface area contributed by atoms with Gasteiger partial charge in [-0.25, -0.2) is 9.48 Å². The van der Waals surface area contributed by atoms with Gasteiger partial charge in [0, 0.05) is 5.39 Å². The van der Waals surface area contributed by atoms with Crippen molar-refractivity contribution in [2.45, 2.75) is 20.8 Å². The summed E-state index contributed by atoms with van der Waals surface area (Å²) in [7, 11) is 1.36. The minimum Gasteiger partial charge on any atom is -0.464 e. The van der Waals surface area contributed by atoms with E-state index in [-0.39, 0.29) is 0 Å². The molecule has 3 aromatic rings. The number of para-hydroxylation sites is 1. The van der Waals surface area contributed by atoms with Gasteiger partial charge in [-0.15, -0.1) is 0 Å². The maximum absolute atomic E-state index is 11.8. The van der Waals surface area contributed by atoms with Gasteiger partial charge in [0.25, 0.3) is 0 Å². The van der Waals surface area contributed by atoms with Crippen LogP contribution in [0.5, 0.6) is 0 Å². The van der Waals surface area contributed by atoms with E-state index in [4.69, 9.17) is 4.74 Å². The molecule has 1 aromatic heterocycles. The zero-order chi connectivity index (χ0) is 16.1. The van der Waals surface area contributed by atoms with Crippen molar-refractivity contribution in [1.29, 1.82) is 0 Å². The third-order valence-corrected chi connectivity index (χ3v) is 3.21. The van der Waals surface area contributed by atoms with Crippen LogP contribution in [0.25, 0.3) is 16.6 Å². The molecule has 0 saturated carbocycles. The number of carbonyl (C=O) groups is 1. The number of aryl methyl sites for hydroxylation is 1. The van der Waals surface area contributed by atoms with Crippen LogP contribution in [-0.2, 0) is 4.74 Å². The van der Waals surface area contributed by atoms with Crippen LogP contribution in [0.3, 0.4) is 0 Å². The van der Waals surface area contributed by atoms with Crippen LogP contribution in [0.1, 0.15) is 29.9 Å². The topological polar surface area (TPSA) is 44.1 Å². The molecule has 0 aliphatic carbocycles. The number of rotatable bonds is 2. The first kappa shape index (κ1) is 15.8. The highest BCUT2D eigenvalue weighted by atomic mass is 16.5. The van der Waals surface area contributed by atoms with Crippen molar-refractivity contribution >= 4 is 16.9 Å². The monoisotopic (exact) mass is 296 g/mol. The van der Waals surface area contributed by atoms with E-state index in [2.05, 4.69) is 5.10 Å². The van der Waals surface area contributed by atoms with Gasteiger partial charge in [-0.05, 0) is 30.7 Å². The van der Waals surface area contributed by atoms with E-state index in [1.807, 2.05) is 69.3 Å². The predicted molar refractivity (Wildman–Crippen MR) is 88.5 cm³/mol. The Morgan fingerprint density at radius 3 is 2.50 bits per heavy atom. The molecule has 3 rings (SSSR count). The Morgan fingerprint density at radius 1 is 1.09 bits per heavy atom. The maximum atomic E-state index is 11.8. The quantitative estimate of drug-likeness (QED) is 0.667. The first-order valence-electron chi connectivity index (χ1n) is 7.34. The second kappa shape index (κ2) is 6.89. The van der Waals surface area contributed by atoms with Crippen molar-refractivity contribution in [1.82, 2.24) is 9.78 Å². The van der Waals surface area contributed by atoms with Crippen LogP contribution in [0, 0.1) is 6.92 Å². The number of methoxy groups -OCH3 is 1. The molecule has 0 atom stereocenters. The molecule has 0 amide bonds. The van der Waals surface area contributed by atoms with Crippen LogP contribution >= 0.6 is 0 Å². The second-order valence-corrected chi connectivity index (χ2v) is 4.61. The zero-order valence-corrected chi connectivity index (χ0v) is 13.3. The SMILES string of the molecule is CC.COC(=O)c1nn(-c2cccc(C)c2)c2ccccc12. The fourth-order valence-electron chi connectivity index (χ4n) is 2.27. The molecule has 4 heteroatoms. The lowest BCUT2D eigenvalue weighted by Crippen LogP contribution is -2.04. The largest absolute Gasteiger partial charge is 0.464 e. The summed E-state index contributed by atoms with van der Waals surface area (Å²) in [5.74, 6) is -0.424. The van der Waals surface area contributed by atoms with Crippen LogP contribution in [0.2, 0.25) is 0 Å². The average molecular weight is 296 g/mol. The lowest BCUT2D eigenvalue weighted by Gasteiger charge is -2.04. The Bertz CT molecular complexity index is 791. The van der Waals surface area contributed by atoms with Gasteiger partial charge in [0.1, 0.15) is 0 Å². The van der Waals surface area contributed by atoms with Crippen molar-refractivity contribution in [2.75, 3.05) is 7.11 Å². The van der Waals surface area contributed by atoms with E-state index >= 15 is 0 Å². The number of benzene rings is 2. The van der Waals surface area contributed by atoms with E-state index in [1.165, 1.54) is 7.11 Å². The van der Waals surface area contributed by atoms with Crippen molar-refractivity contribution in [3.63, 3.8) is 0 Å². The van der Waals surface area contributed by atoms with Crippen LogP contribution < -0.4 is 0 Å². The first-order valence-corrected chi connectivity index (χ1v) is 7.34. The highest BCUT2D eigenvalue weighted by molar-refractivity contribution is 6.02. The van der Waals surface area contributed by atoms with Crippen molar-refractivity contribution in [3.8, 4) is 5.69 Å². The second-order valence-electron chi connectivity index (χ2n) is 4.61. The van der Waals surface area contributed by atoms with Crippen LogP contribution in [0.4, 0.5) is 0 Å². The zero-order valence-electron chi connectivity index (χ0n) is 13.3. The van der Waals surface area contributed by atoms with E-state index < -0.39 is 5.97 Å². The van der Waals surface area contributed by atoms with Gasteiger partial charge >= 0.3 is 5.97 Å². The normalized spacial score (nSPS) is 10.0. The Hall–Kier alpha value is -2.62. The lowest BCUT2D eigenvalue weighted by molar-refractivity contribution is 0.0595. The summed E-state index contributed by atoms with van der Waals surface area (Å²) in [6.07, 6.45) is 0. The van der Waals surface area contributed by atoms with Gasteiger partial charge in [0.05, 0.1) is 18.3 Å². The summed E-state index contributed by atoms with van der Waals surface area (Å²) in [5, 5.41) is 5.21. The third-order valence-electron chi connectivity index (χ3n) is 3.21. The van der Waals surface area contributed by atoms with Gasteiger partial charge in [0.2, 0.25) is 0 Å². The Labute approximate surface area is 130 Å². The van der Waals surface area contributed by atoms with Gasteiger partial charge in [-0.2, -0.15) is 5.10 Å². The summed E-state index contributed by atoms with van der Waals surface area (Å²) >= 11 is 0. The first-order chi connectivity index (χ1) is 10.7. The number of fused-ring (bicyclic) bond motifs is 1. The molecule has 0 radical (unpaired) electrons. The molecule has 0 aliphatic heterocycles. The number of ether oxygens (including phenoxy) is 1. The van der Waals surface area contributed by atoms with Gasteiger partial charge in [0.15, 0.2) is 5.69 Å². The molecule has 1 heterocycles. The Balaban J connectivity index is 0.000000847. The standard InChI is InChI=1S/C16H14N2O2.C2H6/c1-11-6-5-7-12(10-11)18-14-9-4-3-8-13(14)15(17-18)16(19)20-2;1-2/h3-10H,1-2H3;1-2H3. The molecule has 0 bridgehead atoms. The van der Waals surface area contributed by atoms with Gasteiger partial charge in [-0.1, -0.05) is 44.2 Å². The fraction of sp³-hybridized carbons (Fsp3) is 0.222. The molecule has 0 N–H and O–H groups in total. The smallest absolute Gasteiger partial charge is 0.359 e. The third kappa shape index (κ3) is 2.86. The molecular formula is C18H20N2O2. The molecule has 0 spiro atoms. The number of hydrogen-bond donors (Lipinski definition) is 0. The highest BCUT2D eigenvalue weighted by Gasteiger charge is 2.17. The lowest BCUT2D eigenvalue weighted by atomic mass is 10.2. The summed E-state index contributed by atoms with van der Waals surface area (Å²) in [4.78, 5) is 11.8. The molecular weight excluding hydrogens is 276 g/mol. The fourth-order valence-corrected chi connectivity index (χ4v) is 2.27. The highest BCUT2D eigenvalue weighted by Crippen LogP contribution is 2.23. The molecule has 2 aromatic carbocycles. The van der Waals surface area contributed by atoms with E-state index in [0.29, 0.717) is 5.69 Å². The van der Waals surface area contributed by atoms with Crippen LogP contribution in [0.15, 0.2) is 48.5 Å². The number of esters is 1. The molecule has 0 saturated heterocycles. The van der Waals surface area contributed by atoms with E-state index in [0.717, 1.165) is 22.2 Å². The molecule has 114 valence electrons. The summed E-state index contributed by atoms with van der Waals surface area (Å²) in [6.45, 7) is 6.02.